The van der Waals surface area contributed by atoms with Crippen LogP contribution in [0.15, 0.2) is 18.2 Å². The van der Waals surface area contributed by atoms with Gasteiger partial charge in [0.15, 0.2) is 0 Å². The molecule has 0 aromatic heterocycles. The second-order valence-corrected chi connectivity index (χ2v) is 3.63. The number of benzene rings is 1. The van der Waals surface area contributed by atoms with Gasteiger partial charge in [-0.3, -0.25) is 4.79 Å². The molecule has 6 nitrogen and oxygen atoms in total. The van der Waals surface area contributed by atoms with Crippen LogP contribution in [0.1, 0.15) is 44.4 Å². The van der Waals surface area contributed by atoms with Gasteiger partial charge >= 0.3 is 11.9 Å². The van der Waals surface area contributed by atoms with E-state index < -0.39 is 17.8 Å². The van der Waals surface area contributed by atoms with E-state index in [-0.39, 0.29) is 16.7 Å². The number of carboxylic acid groups (broad SMARTS) is 2. The number of amides is 1. The van der Waals surface area contributed by atoms with Gasteiger partial charge in [-0.2, -0.15) is 0 Å². The fourth-order valence-corrected chi connectivity index (χ4v) is 1.39. The van der Waals surface area contributed by atoms with Crippen molar-refractivity contribution >= 4 is 17.8 Å². The molecule has 0 spiro atoms. The zero-order valence-corrected chi connectivity index (χ0v) is 9.77. The lowest BCUT2D eigenvalue weighted by Crippen LogP contribution is -2.26. The predicted octanol–water partition coefficient (Wildman–Crippen LogP) is 1.22. The van der Waals surface area contributed by atoms with Gasteiger partial charge in [-0.1, -0.05) is 6.92 Å². The Balaban J connectivity index is 3.15. The van der Waals surface area contributed by atoms with Crippen LogP contribution in [0.2, 0.25) is 0 Å². The van der Waals surface area contributed by atoms with Gasteiger partial charge in [-0.15, -0.1) is 0 Å². The molecule has 6 heteroatoms. The molecule has 0 unspecified atom stereocenters. The molecule has 1 amide bonds. The molecular formula is C12H13NO5. The third-order valence-electron chi connectivity index (χ3n) is 2.28. The maximum absolute atomic E-state index is 11.7. The highest BCUT2D eigenvalue weighted by Gasteiger charge is 2.18. The zero-order chi connectivity index (χ0) is 13.7. The minimum Gasteiger partial charge on any atom is -0.478 e. The van der Waals surface area contributed by atoms with Crippen LogP contribution in [-0.4, -0.2) is 34.6 Å². The second-order valence-electron chi connectivity index (χ2n) is 3.63. The Bertz CT molecular complexity index is 495. The predicted molar refractivity (Wildman–Crippen MR) is 63.0 cm³/mol. The molecule has 0 saturated carbocycles. The number of hydrogen-bond donors (Lipinski definition) is 3. The molecule has 0 aliphatic rings. The number of carbonyl (C=O) groups is 3. The molecule has 0 aliphatic heterocycles. The zero-order valence-electron chi connectivity index (χ0n) is 9.77. The molecular weight excluding hydrogens is 238 g/mol. The summed E-state index contributed by atoms with van der Waals surface area (Å²) in [4.78, 5) is 33.4. The standard InChI is InChI=1S/C12H13NO5/c1-2-5-13-10(14)8-4-3-7(11(15)16)6-9(8)12(17)18/h3-4,6H,2,5H2,1H3,(H,13,14)(H,15,16)(H,17,18). The lowest BCUT2D eigenvalue weighted by Gasteiger charge is -2.07. The number of carbonyl (C=O) groups excluding carboxylic acids is 1. The summed E-state index contributed by atoms with van der Waals surface area (Å²) in [5.74, 6) is -3.09. The monoisotopic (exact) mass is 251 g/mol. The van der Waals surface area contributed by atoms with Gasteiger partial charge in [0.2, 0.25) is 0 Å². The van der Waals surface area contributed by atoms with Gasteiger partial charge in [0.1, 0.15) is 0 Å². The molecule has 0 saturated heterocycles. The van der Waals surface area contributed by atoms with Crippen LogP contribution < -0.4 is 5.32 Å². The van der Waals surface area contributed by atoms with E-state index in [9.17, 15) is 14.4 Å². The summed E-state index contributed by atoms with van der Waals surface area (Å²) < 4.78 is 0. The number of aromatic carboxylic acids is 2. The number of rotatable bonds is 5. The Hall–Kier alpha value is -2.37. The summed E-state index contributed by atoms with van der Waals surface area (Å²) in [6, 6.07) is 3.39. The van der Waals surface area contributed by atoms with E-state index in [1.54, 1.807) is 0 Å². The van der Waals surface area contributed by atoms with Gasteiger partial charge in [0.05, 0.1) is 16.7 Å². The summed E-state index contributed by atoms with van der Waals surface area (Å²) >= 11 is 0. The molecule has 1 aromatic carbocycles. The van der Waals surface area contributed by atoms with Crippen LogP contribution in [0.4, 0.5) is 0 Å². The Labute approximate surface area is 103 Å². The van der Waals surface area contributed by atoms with Crippen LogP contribution in [0, 0.1) is 0 Å². The molecule has 0 fully saturated rings. The molecule has 0 atom stereocenters. The van der Waals surface area contributed by atoms with Crippen molar-refractivity contribution in [3.05, 3.63) is 34.9 Å². The van der Waals surface area contributed by atoms with E-state index >= 15 is 0 Å². The van der Waals surface area contributed by atoms with E-state index in [0.29, 0.717) is 6.54 Å². The average molecular weight is 251 g/mol. The van der Waals surface area contributed by atoms with Crippen molar-refractivity contribution in [3.63, 3.8) is 0 Å². The van der Waals surface area contributed by atoms with Crippen molar-refractivity contribution in [3.8, 4) is 0 Å². The average Bonchev–Trinajstić information content (AvgIpc) is 2.34. The first-order chi connectivity index (χ1) is 8.47. The molecule has 1 aromatic rings. The molecule has 0 heterocycles. The van der Waals surface area contributed by atoms with Crippen LogP contribution in [-0.2, 0) is 0 Å². The van der Waals surface area contributed by atoms with Gasteiger partial charge in [-0.25, -0.2) is 9.59 Å². The van der Waals surface area contributed by atoms with Gasteiger partial charge in [0, 0.05) is 6.54 Å². The number of nitrogens with one attached hydrogen (secondary N) is 1. The Morgan fingerprint density at radius 1 is 1.11 bits per heavy atom. The lowest BCUT2D eigenvalue weighted by atomic mass is 10.0. The van der Waals surface area contributed by atoms with Crippen molar-refractivity contribution in [1.29, 1.82) is 0 Å². The van der Waals surface area contributed by atoms with Crippen molar-refractivity contribution in [1.82, 2.24) is 5.32 Å². The molecule has 3 N–H and O–H groups in total. The molecule has 18 heavy (non-hydrogen) atoms. The number of hydrogen-bond acceptors (Lipinski definition) is 3. The first-order valence-electron chi connectivity index (χ1n) is 5.36. The third-order valence-corrected chi connectivity index (χ3v) is 2.28. The summed E-state index contributed by atoms with van der Waals surface area (Å²) in [5.41, 5.74) is -0.524. The largest absolute Gasteiger partial charge is 0.478 e. The topological polar surface area (TPSA) is 104 Å². The SMILES string of the molecule is CCCNC(=O)c1ccc(C(=O)O)cc1C(=O)O. The lowest BCUT2D eigenvalue weighted by molar-refractivity contribution is 0.0691. The smallest absolute Gasteiger partial charge is 0.336 e. The highest BCUT2D eigenvalue weighted by atomic mass is 16.4. The van der Waals surface area contributed by atoms with Crippen molar-refractivity contribution in [2.45, 2.75) is 13.3 Å². The van der Waals surface area contributed by atoms with Crippen LogP contribution in [0.5, 0.6) is 0 Å². The minimum atomic E-state index is -1.33. The Morgan fingerprint density at radius 2 is 1.78 bits per heavy atom. The van der Waals surface area contributed by atoms with E-state index in [0.717, 1.165) is 12.5 Å². The summed E-state index contributed by atoms with van der Waals surface area (Å²) in [6.07, 6.45) is 0.724. The number of carboxylic acids is 2. The normalized spacial score (nSPS) is 9.83. The van der Waals surface area contributed by atoms with Gasteiger partial charge in [-0.05, 0) is 24.6 Å². The molecule has 1 rings (SSSR count). The van der Waals surface area contributed by atoms with Crippen LogP contribution in [0.25, 0.3) is 0 Å². The van der Waals surface area contributed by atoms with Crippen molar-refractivity contribution in [2.24, 2.45) is 0 Å². The van der Waals surface area contributed by atoms with E-state index in [4.69, 9.17) is 10.2 Å². The summed E-state index contributed by atoms with van der Waals surface area (Å²) in [7, 11) is 0. The third kappa shape index (κ3) is 3.07. The van der Waals surface area contributed by atoms with E-state index in [1.807, 2.05) is 6.92 Å². The molecule has 0 aliphatic carbocycles. The van der Waals surface area contributed by atoms with Crippen LogP contribution in [0.3, 0.4) is 0 Å². The molecule has 0 bridgehead atoms. The molecule has 0 radical (unpaired) electrons. The summed E-state index contributed by atoms with van der Waals surface area (Å²) in [6.45, 7) is 2.30. The van der Waals surface area contributed by atoms with Crippen LogP contribution >= 0.6 is 0 Å². The fourth-order valence-electron chi connectivity index (χ4n) is 1.39. The van der Waals surface area contributed by atoms with Crippen molar-refractivity contribution < 1.29 is 24.6 Å². The fraction of sp³-hybridized carbons (Fsp3) is 0.250. The first kappa shape index (κ1) is 13.7. The van der Waals surface area contributed by atoms with Gasteiger partial charge < -0.3 is 15.5 Å². The maximum atomic E-state index is 11.7. The Morgan fingerprint density at radius 3 is 2.28 bits per heavy atom. The second kappa shape index (κ2) is 5.81. The first-order valence-corrected chi connectivity index (χ1v) is 5.36. The highest BCUT2D eigenvalue weighted by molar-refractivity contribution is 6.06. The van der Waals surface area contributed by atoms with E-state index in [1.165, 1.54) is 12.1 Å². The van der Waals surface area contributed by atoms with E-state index in [2.05, 4.69) is 5.32 Å². The molecule has 96 valence electrons. The van der Waals surface area contributed by atoms with Crippen molar-refractivity contribution in [2.75, 3.05) is 6.54 Å². The maximum Gasteiger partial charge on any atom is 0.336 e. The van der Waals surface area contributed by atoms with Gasteiger partial charge in [0.25, 0.3) is 5.91 Å². The Kier molecular flexibility index (Phi) is 4.42. The minimum absolute atomic E-state index is 0.0408. The summed E-state index contributed by atoms with van der Waals surface area (Å²) in [5, 5.41) is 20.3. The quantitative estimate of drug-likeness (QED) is 0.730. The highest BCUT2D eigenvalue weighted by Crippen LogP contribution is 2.13.